The zero-order valence-corrected chi connectivity index (χ0v) is 16.3. The van der Waals surface area contributed by atoms with Crippen molar-refractivity contribution in [3.63, 3.8) is 0 Å². The second kappa shape index (κ2) is 7.54. The summed E-state index contributed by atoms with van der Waals surface area (Å²) in [5.74, 6) is -0.805. The topological polar surface area (TPSA) is 79.0 Å². The van der Waals surface area contributed by atoms with Crippen molar-refractivity contribution in [1.82, 2.24) is 10.2 Å². The number of hydrogen-bond donors (Lipinski definition) is 1. The Bertz CT molecular complexity index is 796. The lowest BCUT2D eigenvalue weighted by Crippen LogP contribution is -2.72. The minimum Gasteiger partial charge on any atom is -0.385 e. The largest absolute Gasteiger partial charge is 0.385 e. The Kier molecular flexibility index (Phi) is 5.10. The van der Waals surface area contributed by atoms with E-state index in [1.54, 1.807) is 7.11 Å². The van der Waals surface area contributed by atoms with Gasteiger partial charge in [-0.2, -0.15) is 0 Å². The van der Waals surface area contributed by atoms with Gasteiger partial charge in [-0.15, -0.1) is 0 Å². The number of hydrogen-bond acceptors (Lipinski definition) is 5. The molecule has 4 rings (SSSR count). The Morgan fingerprint density at radius 2 is 2.00 bits per heavy atom. The van der Waals surface area contributed by atoms with E-state index in [1.807, 2.05) is 18.2 Å². The maximum atomic E-state index is 13.7. The molecule has 7 heteroatoms. The molecule has 0 saturated carbocycles. The van der Waals surface area contributed by atoms with Crippen LogP contribution in [-0.2, 0) is 20.7 Å². The molecule has 0 bridgehead atoms. The highest BCUT2D eigenvalue weighted by atomic mass is 16.5. The third-order valence-corrected chi connectivity index (χ3v) is 6.32. The monoisotopic (exact) mass is 385 g/mol. The van der Waals surface area contributed by atoms with Gasteiger partial charge >= 0.3 is 6.03 Å². The lowest BCUT2D eigenvalue weighted by Gasteiger charge is -2.51. The van der Waals surface area contributed by atoms with Crippen molar-refractivity contribution in [1.29, 1.82) is 0 Å². The van der Waals surface area contributed by atoms with E-state index < -0.39 is 17.4 Å². The van der Waals surface area contributed by atoms with E-state index in [-0.39, 0.29) is 18.5 Å². The lowest BCUT2D eigenvalue weighted by molar-refractivity contribution is -0.153. The number of methoxy groups -OCH3 is 1. The fourth-order valence-electron chi connectivity index (χ4n) is 4.99. The van der Waals surface area contributed by atoms with Gasteiger partial charge < -0.3 is 9.64 Å². The number of amides is 4. The molecule has 2 atom stereocenters. The van der Waals surface area contributed by atoms with Crippen LogP contribution in [-0.4, -0.2) is 55.6 Å². The highest BCUT2D eigenvalue weighted by Crippen LogP contribution is 2.47. The number of nitrogens with one attached hydrogen (secondary N) is 1. The summed E-state index contributed by atoms with van der Waals surface area (Å²) in [5, 5.41) is 2.49. The number of imide groups is 2. The number of para-hydroxylation sites is 1. The summed E-state index contributed by atoms with van der Waals surface area (Å²) in [5.41, 5.74) is 0.860. The molecular weight excluding hydrogens is 358 g/mol. The molecule has 1 aromatic carbocycles. The molecule has 0 aliphatic carbocycles. The standard InChI is InChI=1S/C21H27N3O4/c1-28-13-7-12-24-19(26)21(18(25)22-20(24)27)14-15-8-4-5-9-16(15)23-11-6-2-3-10-17(21)23/h4-5,8-9,17H,2-3,6-7,10-14H2,1H3,(H,22,25,27)/t17-,21+/m1/s1. The summed E-state index contributed by atoms with van der Waals surface area (Å²) in [7, 11) is 1.59. The number of urea groups is 1. The van der Waals surface area contributed by atoms with Crippen LogP contribution in [0, 0.1) is 5.41 Å². The lowest BCUT2D eigenvalue weighted by atomic mass is 9.67. The predicted molar refractivity (Wildman–Crippen MR) is 104 cm³/mol. The first-order valence-corrected chi connectivity index (χ1v) is 10.1. The summed E-state index contributed by atoms with van der Waals surface area (Å²) in [4.78, 5) is 42.8. The van der Waals surface area contributed by atoms with E-state index in [1.165, 1.54) is 4.90 Å². The van der Waals surface area contributed by atoms with Crippen LogP contribution in [0.1, 0.15) is 37.7 Å². The smallest absolute Gasteiger partial charge is 0.330 e. The molecule has 0 radical (unpaired) electrons. The van der Waals surface area contributed by atoms with Crippen molar-refractivity contribution in [3.05, 3.63) is 29.8 Å². The first-order chi connectivity index (χ1) is 13.6. The maximum absolute atomic E-state index is 13.7. The molecular formula is C21H27N3O4. The van der Waals surface area contributed by atoms with Gasteiger partial charge in [0.25, 0.3) is 0 Å². The van der Waals surface area contributed by atoms with Crippen LogP contribution in [0.4, 0.5) is 10.5 Å². The molecule has 0 unspecified atom stereocenters. The van der Waals surface area contributed by atoms with Crippen LogP contribution in [0.2, 0.25) is 0 Å². The quantitative estimate of drug-likeness (QED) is 0.634. The zero-order valence-electron chi connectivity index (χ0n) is 16.3. The van der Waals surface area contributed by atoms with Crippen molar-refractivity contribution in [2.24, 2.45) is 5.41 Å². The highest BCUT2D eigenvalue weighted by molar-refractivity contribution is 6.20. The van der Waals surface area contributed by atoms with Crippen LogP contribution in [0.5, 0.6) is 0 Å². The summed E-state index contributed by atoms with van der Waals surface area (Å²) in [6, 6.07) is 7.17. The molecule has 150 valence electrons. The van der Waals surface area contributed by atoms with Crippen molar-refractivity contribution < 1.29 is 19.1 Å². The molecule has 1 N–H and O–H groups in total. The molecule has 2 saturated heterocycles. The van der Waals surface area contributed by atoms with Crippen molar-refractivity contribution in [3.8, 4) is 0 Å². The van der Waals surface area contributed by atoms with E-state index >= 15 is 0 Å². The predicted octanol–water partition coefficient (Wildman–Crippen LogP) is 2.09. The fraction of sp³-hybridized carbons (Fsp3) is 0.571. The Morgan fingerprint density at radius 1 is 1.18 bits per heavy atom. The Labute approximate surface area is 165 Å². The molecule has 7 nitrogen and oxygen atoms in total. The van der Waals surface area contributed by atoms with Gasteiger partial charge in [-0.05, 0) is 37.3 Å². The van der Waals surface area contributed by atoms with Crippen molar-refractivity contribution in [2.45, 2.75) is 44.6 Å². The number of barbiturate groups is 1. The van der Waals surface area contributed by atoms with E-state index in [9.17, 15) is 14.4 Å². The van der Waals surface area contributed by atoms with Gasteiger partial charge in [-0.1, -0.05) is 31.0 Å². The van der Waals surface area contributed by atoms with Gasteiger partial charge in [-0.3, -0.25) is 19.8 Å². The number of benzene rings is 1. The van der Waals surface area contributed by atoms with Gasteiger partial charge in [0.05, 0.1) is 6.04 Å². The number of rotatable bonds is 4. The minimum absolute atomic E-state index is 0.226. The molecule has 3 aliphatic rings. The molecule has 1 spiro atoms. The molecule has 1 aromatic rings. The average molecular weight is 385 g/mol. The highest BCUT2D eigenvalue weighted by Gasteiger charge is 2.61. The number of fused-ring (bicyclic) bond motifs is 4. The fourth-order valence-corrected chi connectivity index (χ4v) is 4.99. The minimum atomic E-state index is -1.25. The zero-order chi connectivity index (χ0) is 19.7. The van der Waals surface area contributed by atoms with Gasteiger partial charge in [0.2, 0.25) is 11.8 Å². The molecule has 4 amide bonds. The van der Waals surface area contributed by atoms with Gasteiger partial charge in [-0.25, -0.2) is 4.79 Å². The summed E-state index contributed by atoms with van der Waals surface area (Å²) in [6.07, 6.45) is 4.75. The van der Waals surface area contributed by atoms with E-state index in [0.717, 1.165) is 43.5 Å². The van der Waals surface area contributed by atoms with Crippen LogP contribution in [0.3, 0.4) is 0 Å². The number of ether oxygens (including phenoxy) is 1. The Balaban J connectivity index is 1.77. The van der Waals surface area contributed by atoms with Gasteiger partial charge in [0.1, 0.15) is 0 Å². The van der Waals surface area contributed by atoms with Gasteiger partial charge in [0, 0.05) is 32.5 Å². The van der Waals surface area contributed by atoms with Crippen LogP contribution in [0.25, 0.3) is 0 Å². The Morgan fingerprint density at radius 3 is 2.82 bits per heavy atom. The first kappa shape index (κ1) is 18.9. The molecule has 28 heavy (non-hydrogen) atoms. The molecule has 0 aromatic heterocycles. The van der Waals surface area contributed by atoms with Crippen LogP contribution in [0.15, 0.2) is 24.3 Å². The molecule has 3 heterocycles. The summed E-state index contributed by atoms with van der Waals surface area (Å²) in [6.45, 7) is 1.53. The summed E-state index contributed by atoms with van der Waals surface area (Å²) >= 11 is 0. The first-order valence-electron chi connectivity index (χ1n) is 10.1. The second-order valence-electron chi connectivity index (χ2n) is 7.90. The van der Waals surface area contributed by atoms with Crippen LogP contribution < -0.4 is 10.2 Å². The number of carbonyl (C=O) groups is 3. The number of anilines is 1. The normalized spacial score (nSPS) is 27.3. The molecule has 2 fully saturated rings. The summed E-state index contributed by atoms with van der Waals surface area (Å²) < 4.78 is 5.07. The van der Waals surface area contributed by atoms with Gasteiger partial charge in [0.15, 0.2) is 5.41 Å². The van der Waals surface area contributed by atoms with Crippen molar-refractivity contribution >= 4 is 23.5 Å². The number of nitrogens with zero attached hydrogens (tertiary/aromatic N) is 2. The van der Waals surface area contributed by atoms with E-state index in [0.29, 0.717) is 19.4 Å². The van der Waals surface area contributed by atoms with Crippen LogP contribution >= 0.6 is 0 Å². The number of carbonyl (C=O) groups excluding carboxylic acids is 3. The van der Waals surface area contributed by atoms with Crippen molar-refractivity contribution in [2.75, 3.05) is 31.7 Å². The molecule has 3 aliphatic heterocycles. The average Bonchev–Trinajstić information content (AvgIpc) is 2.95. The van der Waals surface area contributed by atoms with E-state index in [2.05, 4.69) is 16.3 Å². The third kappa shape index (κ3) is 2.89. The third-order valence-electron chi connectivity index (χ3n) is 6.32. The second-order valence-corrected chi connectivity index (χ2v) is 7.90. The maximum Gasteiger partial charge on any atom is 0.330 e. The van der Waals surface area contributed by atoms with E-state index in [4.69, 9.17) is 4.74 Å². The Hall–Kier alpha value is -2.41. The SMILES string of the molecule is COCCCN1C(=O)NC(=O)[C@@]2(Cc3ccccc3N3CCCCC[C@@H]32)C1=O.